The zero-order valence-corrected chi connectivity index (χ0v) is 12.1. The van der Waals surface area contributed by atoms with Crippen LogP contribution in [0.2, 0.25) is 0 Å². The summed E-state index contributed by atoms with van der Waals surface area (Å²) in [7, 11) is 0. The van der Waals surface area contributed by atoms with Gasteiger partial charge in [0.2, 0.25) is 0 Å². The summed E-state index contributed by atoms with van der Waals surface area (Å²) in [5.41, 5.74) is 1.14. The molecule has 0 saturated heterocycles. The minimum absolute atomic E-state index is 0.0699. The first-order valence-corrected chi connectivity index (χ1v) is 8.65. The van der Waals surface area contributed by atoms with Crippen molar-refractivity contribution in [3.05, 3.63) is 42.6 Å². The first-order valence-electron chi connectivity index (χ1n) is 4.57. The van der Waals surface area contributed by atoms with Crippen LogP contribution < -0.4 is 0 Å². The molecule has 0 aromatic carbocycles. The van der Waals surface area contributed by atoms with E-state index in [9.17, 15) is 4.79 Å². The van der Waals surface area contributed by atoms with Gasteiger partial charge in [-0.05, 0) is 42.4 Å². The maximum atomic E-state index is 11.0. The zero-order chi connectivity index (χ0) is 11.5. The molecule has 16 heavy (non-hydrogen) atoms. The van der Waals surface area contributed by atoms with Gasteiger partial charge in [-0.2, -0.15) is 0 Å². The molecule has 1 aliphatic carbocycles. The molecule has 84 valence electrons. The van der Waals surface area contributed by atoms with Crippen LogP contribution in [0.1, 0.15) is 0 Å². The normalized spacial score (nSPS) is 20.2. The molecule has 2 aliphatic rings. The van der Waals surface area contributed by atoms with Crippen LogP contribution >= 0.6 is 47.0 Å². The highest BCUT2D eigenvalue weighted by atomic mass is 32.3. The molecule has 0 atom stereocenters. The first kappa shape index (κ1) is 12.5. The van der Waals surface area contributed by atoms with E-state index >= 15 is 0 Å². The van der Waals surface area contributed by atoms with E-state index in [1.165, 1.54) is 12.7 Å². The lowest BCUT2D eigenvalue weighted by Crippen LogP contribution is -1.91. The molecule has 1 heterocycles. The maximum absolute atomic E-state index is 11.0. The van der Waals surface area contributed by atoms with E-state index in [-0.39, 0.29) is 5.78 Å². The second-order valence-electron chi connectivity index (χ2n) is 3.00. The van der Waals surface area contributed by atoms with Gasteiger partial charge in [-0.25, -0.2) is 0 Å². The molecule has 0 amide bonds. The van der Waals surface area contributed by atoms with Crippen LogP contribution in [0, 0.1) is 0 Å². The highest BCUT2D eigenvalue weighted by Gasteiger charge is 2.22. The molecule has 5 heteroatoms. The molecule has 1 nitrogen and oxygen atoms in total. The fourth-order valence-electron chi connectivity index (χ4n) is 1.23. The SMILES string of the molecule is CSC1=C(SC)SC(=C2C=CC(=O)C=C2)S1. The fourth-order valence-corrected chi connectivity index (χ4v) is 6.23. The third kappa shape index (κ3) is 2.64. The molecule has 0 bridgehead atoms. The number of ketones is 1. The van der Waals surface area contributed by atoms with Gasteiger partial charge in [0.1, 0.15) is 0 Å². The van der Waals surface area contributed by atoms with Crippen LogP contribution in [-0.4, -0.2) is 18.3 Å². The summed E-state index contributed by atoms with van der Waals surface area (Å²) in [6.45, 7) is 0. The molecule has 0 saturated carbocycles. The molecule has 0 unspecified atom stereocenters. The lowest BCUT2D eigenvalue weighted by molar-refractivity contribution is -0.110. The van der Waals surface area contributed by atoms with Crippen LogP contribution in [0.4, 0.5) is 0 Å². The summed E-state index contributed by atoms with van der Waals surface area (Å²) >= 11 is 7.17. The Labute approximate surface area is 112 Å². The molecule has 2 rings (SSSR count). The van der Waals surface area contributed by atoms with Crippen molar-refractivity contribution in [3.63, 3.8) is 0 Å². The maximum Gasteiger partial charge on any atom is 0.178 e. The zero-order valence-electron chi connectivity index (χ0n) is 8.85. The van der Waals surface area contributed by atoms with E-state index in [1.54, 1.807) is 59.2 Å². The number of carbonyl (C=O) groups is 1. The van der Waals surface area contributed by atoms with Crippen molar-refractivity contribution in [3.8, 4) is 0 Å². The van der Waals surface area contributed by atoms with Gasteiger partial charge in [-0.1, -0.05) is 23.5 Å². The average Bonchev–Trinajstić information content (AvgIpc) is 2.73. The smallest absolute Gasteiger partial charge is 0.178 e. The Morgan fingerprint density at radius 3 is 1.88 bits per heavy atom. The molecule has 1 aliphatic heterocycles. The number of rotatable bonds is 2. The quantitative estimate of drug-likeness (QED) is 0.753. The van der Waals surface area contributed by atoms with Crippen molar-refractivity contribution in [2.24, 2.45) is 0 Å². The minimum Gasteiger partial charge on any atom is -0.290 e. The standard InChI is InChI=1S/C11H10OS4/c1-13-10-11(14-2)16-9(15-10)7-3-5-8(12)6-4-7/h3-6H,1-2H3. The summed E-state index contributed by atoms with van der Waals surface area (Å²) in [5.74, 6) is 0.0699. The van der Waals surface area contributed by atoms with Crippen LogP contribution in [-0.2, 0) is 4.79 Å². The van der Waals surface area contributed by atoms with Crippen LogP contribution in [0.3, 0.4) is 0 Å². The summed E-state index contributed by atoms with van der Waals surface area (Å²) < 4.78 is 3.99. The lowest BCUT2D eigenvalue weighted by Gasteiger charge is -2.03. The molecular weight excluding hydrogens is 276 g/mol. The Bertz CT molecular complexity index is 407. The van der Waals surface area contributed by atoms with Gasteiger partial charge in [0.15, 0.2) is 5.78 Å². The largest absolute Gasteiger partial charge is 0.290 e. The van der Waals surface area contributed by atoms with Gasteiger partial charge >= 0.3 is 0 Å². The van der Waals surface area contributed by atoms with E-state index in [1.807, 2.05) is 12.2 Å². The fraction of sp³-hybridized carbons (Fsp3) is 0.182. The van der Waals surface area contributed by atoms with Crippen LogP contribution in [0.5, 0.6) is 0 Å². The molecule has 0 aromatic rings. The lowest BCUT2D eigenvalue weighted by atomic mass is 10.1. The van der Waals surface area contributed by atoms with Gasteiger partial charge in [-0.3, -0.25) is 4.79 Å². The molecule has 0 spiro atoms. The minimum atomic E-state index is 0.0699. The number of hydrogen-bond acceptors (Lipinski definition) is 5. The number of carbonyl (C=O) groups excluding carboxylic acids is 1. The third-order valence-corrected chi connectivity index (χ3v) is 7.29. The van der Waals surface area contributed by atoms with Gasteiger partial charge in [0.25, 0.3) is 0 Å². The van der Waals surface area contributed by atoms with Gasteiger partial charge < -0.3 is 0 Å². The van der Waals surface area contributed by atoms with E-state index < -0.39 is 0 Å². The highest BCUT2D eigenvalue weighted by molar-refractivity contribution is 8.40. The number of allylic oxidation sites excluding steroid dienone is 5. The first-order chi connectivity index (χ1) is 7.74. The van der Waals surface area contributed by atoms with Crippen molar-refractivity contribution in [1.82, 2.24) is 0 Å². The Morgan fingerprint density at radius 1 is 0.938 bits per heavy atom. The van der Waals surface area contributed by atoms with E-state index in [4.69, 9.17) is 0 Å². The van der Waals surface area contributed by atoms with Crippen molar-refractivity contribution >= 4 is 52.8 Å². The predicted molar refractivity (Wildman–Crippen MR) is 79.6 cm³/mol. The monoisotopic (exact) mass is 286 g/mol. The molecular formula is C11H10OS4. The van der Waals surface area contributed by atoms with E-state index in [0.29, 0.717) is 0 Å². The second-order valence-corrected chi connectivity index (χ2v) is 7.45. The average molecular weight is 286 g/mol. The van der Waals surface area contributed by atoms with Crippen molar-refractivity contribution in [1.29, 1.82) is 0 Å². The number of hydrogen-bond donors (Lipinski definition) is 0. The van der Waals surface area contributed by atoms with Gasteiger partial charge in [0, 0.05) is 0 Å². The van der Waals surface area contributed by atoms with Gasteiger partial charge in [-0.15, -0.1) is 23.5 Å². The Kier molecular flexibility index (Phi) is 4.35. The van der Waals surface area contributed by atoms with Crippen LogP contribution in [0.25, 0.3) is 0 Å². The van der Waals surface area contributed by atoms with Crippen molar-refractivity contribution in [2.45, 2.75) is 0 Å². The van der Waals surface area contributed by atoms with E-state index in [0.717, 1.165) is 5.57 Å². The molecule has 0 radical (unpaired) electrons. The summed E-state index contributed by atoms with van der Waals surface area (Å²) in [4.78, 5) is 11.0. The molecule has 0 N–H and O–H groups in total. The van der Waals surface area contributed by atoms with Gasteiger partial charge in [0.05, 0.1) is 12.7 Å². The highest BCUT2D eigenvalue weighted by Crippen LogP contribution is 2.57. The Hall–Kier alpha value is 0.0300. The second kappa shape index (κ2) is 5.58. The summed E-state index contributed by atoms with van der Waals surface area (Å²) in [6, 6.07) is 0. The topological polar surface area (TPSA) is 17.1 Å². The van der Waals surface area contributed by atoms with Crippen molar-refractivity contribution < 1.29 is 4.79 Å². The Balaban J connectivity index is 2.22. The summed E-state index contributed by atoms with van der Waals surface area (Å²) in [5, 5.41) is 0. The third-order valence-electron chi connectivity index (χ3n) is 2.00. The molecule has 0 fully saturated rings. The Morgan fingerprint density at radius 2 is 1.44 bits per heavy atom. The van der Waals surface area contributed by atoms with Crippen molar-refractivity contribution in [2.75, 3.05) is 12.5 Å². The number of thioether (sulfide) groups is 4. The molecule has 0 aromatic heterocycles. The summed E-state index contributed by atoms with van der Waals surface area (Å²) in [6.07, 6.45) is 11.3. The van der Waals surface area contributed by atoms with Crippen LogP contribution in [0.15, 0.2) is 42.6 Å². The van der Waals surface area contributed by atoms with E-state index in [2.05, 4.69) is 12.5 Å². The predicted octanol–water partition coefficient (Wildman–Crippen LogP) is 4.23.